The molecule has 1 aliphatic heterocycles. The van der Waals surface area contributed by atoms with Crippen molar-refractivity contribution in [1.82, 2.24) is 0 Å². The monoisotopic (exact) mass is 387 g/mol. The number of carbonyl (C=O) groups is 2. The molecule has 1 aliphatic rings. The molecule has 1 heterocycles. The van der Waals surface area contributed by atoms with Crippen molar-refractivity contribution in [3.63, 3.8) is 0 Å². The van der Waals surface area contributed by atoms with Crippen LogP contribution in [0.1, 0.15) is 49.9 Å². The second-order valence-electron chi connectivity index (χ2n) is 6.98. The summed E-state index contributed by atoms with van der Waals surface area (Å²) in [5, 5.41) is 0. The molecule has 0 bridgehead atoms. The van der Waals surface area contributed by atoms with Crippen LogP contribution < -0.4 is 15.2 Å². The summed E-state index contributed by atoms with van der Waals surface area (Å²) in [7, 11) is 0. The first-order valence-corrected chi connectivity index (χ1v) is 9.45. The number of hydrogen-bond donors (Lipinski definition) is 1. The van der Waals surface area contributed by atoms with Gasteiger partial charge in [0.05, 0.1) is 12.2 Å². The molecule has 0 saturated heterocycles. The van der Waals surface area contributed by atoms with Gasteiger partial charge in [-0.15, -0.1) is 0 Å². The zero-order valence-electron chi connectivity index (χ0n) is 16.1. The first kappa shape index (κ1) is 18.7. The van der Waals surface area contributed by atoms with Crippen LogP contribution in [0.25, 0.3) is 0 Å². The van der Waals surface area contributed by atoms with Gasteiger partial charge >= 0.3 is 0 Å². The maximum atomic E-state index is 12.1. The van der Waals surface area contributed by atoms with Gasteiger partial charge in [0.25, 0.3) is 0 Å². The Morgan fingerprint density at radius 2 is 1.69 bits per heavy atom. The van der Waals surface area contributed by atoms with Crippen molar-refractivity contribution in [1.29, 1.82) is 0 Å². The highest BCUT2D eigenvalue weighted by atomic mass is 16.5. The summed E-state index contributed by atoms with van der Waals surface area (Å²) in [6, 6.07) is 20.5. The first-order valence-electron chi connectivity index (χ1n) is 9.45. The third-order valence-corrected chi connectivity index (χ3v) is 5.08. The molecule has 4 rings (SSSR count). The van der Waals surface area contributed by atoms with Gasteiger partial charge in [0, 0.05) is 17.5 Å². The van der Waals surface area contributed by atoms with Crippen LogP contribution in [0.5, 0.6) is 11.5 Å². The summed E-state index contributed by atoms with van der Waals surface area (Å²) in [5.74, 6) is 0.851. The Morgan fingerprint density at radius 1 is 1.00 bits per heavy atom. The van der Waals surface area contributed by atoms with Gasteiger partial charge in [-0.2, -0.15) is 0 Å². The zero-order valence-corrected chi connectivity index (χ0v) is 16.1. The number of Topliss-reactive ketones (excluding diaryl/α,β-unsaturated/α-hetero) is 1. The molecule has 0 fully saturated rings. The van der Waals surface area contributed by atoms with E-state index in [9.17, 15) is 9.59 Å². The molecule has 2 N–H and O–H groups in total. The fraction of sp³-hybridized carbons (Fsp3) is 0.167. The number of benzene rings is 3. The van der Waals surface area contributed by atoms with Gasteiger partial charge < -0.3 is 15.2 Å². The van der Waals surface area contributed by atoms with Crippen LogP contribution in [-0.4, -0.2) is 18.3 Å². The fourth-order valence-corrected chi connectivity index (χ4v) is 3.49. The molecule has 29 heavy (non-hydrogen) atoms. The van der Waals surface area contributed by atoms with Gasteiger partial charge in [-0.1, -0.05) is 42.5 Å². The van der Waals surface area contributed by atoms with Gasteiger partial charge in [-0.05, 0) is 42.3 Å². The molecule has 146 valence electrons. The molecule has 1 amide bonds. The number of carbonyl (C=O) groups excluding carboxylic acids is 2. The van der Waals surface area contributed by atoms with Crippen LogP contribution in [0.2, 0.25) is 0 Å². The number of amides is 1. The molecular formula is C24H21NO4. The number of primary amides is 1. The molecule has 0 aliphatic carbocycles. The van der Waals surface area contributed by atoms with Crippen molar-refractivity contribution >= 4 is 11.7 Å². The number of hydrogen-bond acceptors (Lipinski definition) is 4. The van der Waals surface area contributed by atoms with E-state index in [1.54, 1.807) is 18.2 Å². The minimum atomic E-state index is -0.471. The Morgan fingerprint density at radius 3 is 2.38 bits per heavy atom. The molecule has 0 aromatic heterocycles. The van der Waals surface area contributed by atoms with Crippen LogP contribution in [0.4, 0.5) is 0 Å². The number of nitrogens with two attached hydrogens (primary N) is 1. The number of fused-ring (bicyclic) bond motifs is 1. The normalized spacial score (nSPS) is 13.9. The summed E-state index contributed by atoms with van der Waals surface area (Å²) in [6.45, 7) is 2.28. The average molecular weight is 387 g/mol. The second kappa shape index (κ2) is 7.80. The maximum Gasteiger partial charge on any atom is 0.248 e. The van der Waals surface area contributed by atoms with Crippen LogP contribution >= 0.6 is 0 Å². The highest BCUT2D eigenvalue weighted by molar-refractivity contribution is 6.00. The van der Waals surface area contributed by atoms with E-state index in [1.165, 1.54) is 0 Å². The third kappa shape index (κ3) is 3.72. The molecule has 3 aromatic carbocycles. The minimum Gasteiger partial charge on any atom is -0.492 e. The number of ketones is 1. The molecule has 0 saturated carbocycles. The lowest BCUT2D eigenvalue weighted by molar-refractivity contribution is 0.0931. The van der Waals surface area contributed by atoms with Crippen molar-refractivity contribution in [2.24, 2.45) is 5.73 Å². The molecule has 0 radical (unpaired) electrons. The summed E-state index contributed by atoms with van der Waals surface area (Å²) >= 11 is 0. The van der Waals surface area contributed by atoms with Crippen molar-refractivity contribution in [2.75, 3.05) is 6.61 Å². The Balaban J connectivity index is 1.73. The summed E-state index contributed by atoms with van der Waals surface area (Å²) in [4.78, 5) is 23.5. The van der Waals surface area contributed by atoms with E-state index in [2.05, 4.69) is 0 Å². The fourth-order valence-electron chi connectivity index (χ4n) is 3.49. The lowest BCUT2D eigenvalue weighted by Gasteiger charge is -2.24. The van der Waals surface area contributed by atoms with Crippen molar-refractivity contribution in [3.8, 4) is 11.5 Å². The second-order valence-corrected chi connectivity index (χ2v) is 6.98. The quantitative estimate of drug-likeness (QED) is 0.711. The van der Waals surface area contributed by atoms with E-state index in [1.807, 2.05) is 55.5 Å². The van der Waals surface area contributed by atoms with Crippen LogP contribution in [0, 0.1) is 6.92 Å². The summed E-state index contributed by atoms with van der Waals surface area (Å²) in [6.07, 6.45) is 0.0000529. The minimum absolute atomic E-state index is 0.0857. The Labute approximate surface area is 169 Å². The molecule has 0 spiro atoms. The molecular weight excluding hydrogens is 366 g/mol. The van der Waals surface area contributed by atoms with E-state index < -0.39 is 12.0 Å². The van der Waals surface area contributed by atoms with Gasteiger partial charge in [-0.25, -0.2) is 0 Å². The summed E-state index contributed by atoms with van der Waals surface area (Å²) in [5.41, 5.74) is 9.05. The van der Waals surface area contributed by atoms with E-state index in [-0.39, 0.29) is 5.78 Å². The van der Waals surface area contributed by atoms with E-state index >= 15 is 0 Å². The SMILES string of the molecule is Cc1c(OC(c2ccccc2)c2ccc(C(N)=O)cc2)ccc2c1OCCC2=O. The predicted octanol–water partition coefficient (Wildman–Crippen LogP) is 4.23. The maximum absolute atomic E-state index is 12.1. The Hall–Kier alpha value is -3.60. The zero-order chi connectivity index (χ0) is 20.4. The van der Waals surface area contributed by atoms with Crippen LogP contribution in [-0.2, 0) is 0 Å². The standard InChI is InChI=1S/C24H21NO4/c1-15-21(12-11-19-20(26)13-14-28-22(15)19)29-23(16-5-3-2-4-6-16)17-7-9-18(10-8-17)24(25)27/h2-12,23H,13-14H2,1H3,(H2,25,27). The Bertz CT molecular complexity index is 1060. The molecule has 5 heteroatoms. The largest absolute Gasteiger partial charge is 0.492 e. The van der Waals surface area contributed by atoms with Crippen molar-refractivity contribution < 1.29 is 19.1 Å². The smallest absolute Gasteiger partial charge is 0.248 e. The van der Waals surface area contributed by atoms with Crippen molar-refractivity contribution in [3.05, 3.63) is 94.5 Å². The van der Waals surface area contributed by atoms with E-state index in [0.717, 1.165) is 16.7 Å². The van der Waals surface area contributed by atoms with Gasteiger partial charge in [0.2, 0.25) is 5.91 Å². The molecule has 3 aromatic rings. The van der Waals surface area contributed by atoms with Gasteiger partial charge in [0.15, 0.2) is 5.78 Å². The van der Waals surface area contributed by atoms with Crippen LogP contribution in [0.15, 0.2) is 66.7 Å². The third-order valence-electron chi connectivity index (χ3n) is 5.08. The predicted molar refractivity (Wildman–Crippen MR) is 109 cm³/mol. The molecule has 1 unspecified atom stereocenters. The Kier molecular flexibility index (Phi) is 5.04. The van der Waals surface area contributed by atoms with E-state index in [0.29, 0.717) is 35.7 Å². The average Bonchev–Trinajstić information content (AvgIpc) is 2.74. The molecule has 1 atom stereocenters. The topological polar surface area (TPSA) is 78.6 Å². The molecule has 5 nitrogen and oxygen atoms in total. The highest BCUT2D eigenvalue weighted by Crippen LogP contribution is 2.38. The van der Waals surface area contributed by atoms with E-state index in [4.69, 9.17) is 15.2 Å². The number of rotatable bonds is 5. The lowest BCUT2D eigenvalue weighted by atomic mass is 9.98. The van der Waals surface area contributed by atoms with Crippen LogP contribution in [0.3, 0.4) is 0 Å². The summed E-state index contributed by atoms with van der Waals surface area (Å²) < 4.78 is 12.2. The van der Waals surface area contributed by atoms with Crippen molar-refractivity contribution in [2.45, 2.75) is 19.4 Å². The highest BCUT2D eigenvalue weighted by Gasteiger charge is 2.24. The first-order chi connectivity index (χ1) is 14.0. The van der Waals surface area contributed by atoms with Gasteiger partial charge in [-0.3, -0.25) is 9.59 Å². The lowest BCUT2D eigenvalue weighted by Crippen LogP contribution is -2.17. The number of ether oxygens (including phenoxy) is 2. The van der Waals surface area contributed by atoms with Gasteiger partial charge in [0.1, 0.15) is 17.6 Å².